The van der Waals surface area contributed by atoms with E-state index in [1.165, 1.54) is 20.8 Å². The highest BCUT2D eigenvalue weighted by atomic mass is 16.6. The van der Waals surface area contributed by atoms with Crippen LogP contribution in [0.25, 0.3) is 0 Å². The second-order valence-corrected chi connectivity index (χ2v) is 9.29. The quantitative estimate of drug-likeness (QED) is 0.210. The minimum Gasteiger partial charge on any atom is -0.444 e. The van der Waals surface area contributed by atoms with Crippen molar-refractivity contribution in [1.29, 1.82) is 0 Å². The predicted molar refractivity (Wildman–Crippen MR) is 101 cm³/mol. The first-order chi connectivity index (χ1) is 13.5. The van der Waals surface area contributed by atoms with Gasteiger partial charge in [0, 0.05) is 5.92 Å². The van der Waals surface area contributed by atoms with Crippen molar-refractivity contribution in [3.8, 4) is 0 Å². The number of nitrogens with zero attached hydrogens (tertiary/aromatic N) is 1. The highest BCUT2D eigenvalue weighted by Crippen LogP contribution is 2.33. The summed E-state index contributed by atoms with van der Waals surface area (Å²) in [7, 11) is 0. The maximum atomic E-state index is 12.3. The van der Waals surface area contributed by atoms with Gasteiger partial charge in [0.15, 0.2) is 0 Å². The maximum absolute atomic E-state index is 12.3. The molecule has 1 fully saturated rings. The minimum atomic E-state index is -1.94. The Kier molecular flexibility index (Phi) is 8.45. The van der Waals surface area contributed by atoms with E-state index in [0.717, 1.165) is 0 Å². The highest BCUT2D eigenvalue weighted by Gasteiger charge is 2.56. The van der Waals surface area contributed by atoms with Gasteiger partial charge in [0.05, 0.1) is 24.8 Å². The highest BCUT2D eigenvalue weighted by molar-refractivity contribution is 5.69. The van der Waals surface area contributed by atoms with Crippen LogP contribution >= 0.6 is 0 Å². The lowest BCUT2D eigenvalue weighted by molar-refractivity contribution is -0.226. The van der Waals surface area contributed by atoms with Crippen LogP contribution in [0.3, 0.4) is 0 Å². The third kappa shape index (κ3) is 6.65. The van der Waals surface area contributed by atoms with E-state index in [4.69, 9.17) is 9.47 Å². The van der Waals surface area contributed by atoms with Gasteiger partial charge in [0.1, 0.15) is 29.5 Å². The number of hydrogen-bond donors (Lipinski definition) is 7. The van der Waals surface area contributed by atoms with E-state index in [1.54, 1.807) is 20.8 Å². The van der Waals surface area contributed by atoms with Crippen molar-refractivity contribution in [3.63, 3.8) is 0 Å². The molecule has 30 heavy (non-hydrogen) atoms. The monoisotopic (exact) mass is 438 g/mol. The number of rotatable bonds is 4. The van der Waals surface area contributed by atoms with Crippen molar-refractivity contribution >= 4 is 12.2 Å². The van der Waals surface area contributed by atoms with Crippen LogP contribution in [0.1, 0.15) is 41.5 Å². The Morgan fingerprint density at radius 2 is 1.47 bits per heavy atom. The smallest absolute Gasteiger partial charge is 0.434 e. The third-order valence-electron chi connectivity index (χ3n) is 4.40. The molecule has 0 aliphatic heterocycles. The minimum absolute atomic E-state index is 0.0294. The molecule has 0 radical (unpaired) electrons. The summed E-state index contributed by atoms with van der Waals surface area (Å²) in [5, 5.41) is 63.5. The van der Waals surface area contributed by atoms with Crippen LogP contribution in [0.5, 0.6) is 0 Å². The second kappa shape index (κ2) is 9.62. The molecule has 1 aliphatic carbocycles. The number of aliphatic hydroxyl groups excluding tert-OH is 5. The Balaban J connectivity index is 3.30. The maximum Gasteiger partial charge on any atom is 0.434 e. The SMILES string of the molecule is CC(C)(C)OC(=O)N[C@@H]1[C@H](O)[C@H](O)[C@H](O)[C@@H](N(O)C(=O)OC(C)(C)C)[C@@H]1[C@@H](O)CO. The van der Waals surface area contributed by atoms with E-state index in [2.05, 4.69) is 5.32 Å². The van der Waals surface area contributed by atoms with E-state index in [1.807, 2.05) is 0 Å². The average Bonchev–Trinajstić information content (AvgIpc) is 2.57. The fraction of sp³-hybridized carbons (Fsp3) is 0.889. The van der Waals surface area contributed by atoms with E-state index < -0.39 is 72.4 Å². The van der Waals surface area contributed by atoms with Gasteiger partial charge in [-0.3, -0.25) is 5.21 Å². The molecular weight excluding hydrogens is 404 g/mol. The zero-order chi connectivity index (χ0) is 23.6. The predicted octanol–water partition coefficient (Wildman–Crippen LogP) is -1.06. The summed E-state index contributed by atoms with van der Waals surface area (Å²) in [4.78, 5) is 24.5. The molecule has 1 aliphatic rings. The molecule has 0 bridgehead atoms. The molecule has 176 valence electrons. The van der Waals surface area contributed by atoms with Crippen molar-refractivity contribution in [1.82, 2.24) is 10.4 Å². The normalized spacial score (nSPS) is 30.9. The van der Waals surface area contributed by atoms with Crippen LogP contribution in [0.15, 0.2) is 0 Å². The zero-order valence-corrected chi connectivity index (χ0v) is 18.0. The molecule has 12 heteroatoms. The summed E-state index contributed by atoms with van der Waals surface area (Å²) < 4.78 is 10.1. The summed E-state index contributed by atoms with van der Waals surface area (Å²) >= 11 is 0. The van der Waals surface area contributed by atoms with Crippen molar-refractivity contribution in [2.45, 2.75) is 89.2 Å². The van der Waals surface area contributed by atoms with E-state index >= 15 is 0 Å². The van der Waals surface area contributed by atoms with E-state index in [0.29, 0.717) is 0 Å². The molecule has 1 saturated carbocycles. The molecule has 1 rings (SSSR count). The molecule has 12 nitrogen and oxygen atoms in total. The van der Waals surface area contributed by atoms with Gasteiger partial charge < -0.3 is 40.3 Å². The van der Waals surface area contributed by atoms with Crippen molar-refractivity contribution in [2.75, 3.05) is 6.61 Å². The average molecular weight is 438 g/mol. The number of nitrogens with one attached hydrogen (secondary N) is 1. The van der Waals surface area contributed by atoms with Crippen molar-refractivity contribution in [3.05, 3.63) is 0 Å². The van der Waals surface area contributed by atoms with Gasteiger partial charge in [0.25, 0.3) is 0 Å². The number of ether oxygens (including phenoxy) is 2. The van der Waals surface area contributed by atoms with E-state index in [9.17, 15) is 40.3 Å². The van der Waals surface area contributed by atoms with Crippen LogP contribution < -0.4 is 5.32 Å². The molecule has 0 spiro atoms. The lowest BCUT2D eigenvalue weighted by atomic mass is 9.72. The lowest BCUT2D eigenvalue weighted by Gasteiger charge is -2.49. The van der Waals surface area contributed by atoms with Crippen LogP contribution in [-0.2, 0) is 9.47 Å². The number of hydroxylamine groups is 2. The summed E-state index contributed by atoms with van der Waals surface area (Å²) in [5.41, 5.74) is -1.93. The molecule has 2 amide bonds. The fourth-order valence-electron chi connectivity index (χ4n) is 3.24. The van der Waals surface area contributed by atoms with Gasteiger partial charge in [-0.2, -0.15) is 5.06 Å². The van der Waals surface area contributed by atoms with E-state index in [-0.39, 0.29) is 5.06 Å². The standard InChI is InChI=1S/C18H34N2O10/c1-17(2,3)29-15(26)19-10-9(8(22)7-21)11(13(24)14(25)12(10)23)20(28)16(27)30-18(4,5)6/h8-14,21-25,28H,7H2,1-6H3,(H,19,26)/t8-,9+,10-,11-,12-,13+,14-/m0/s1. The van der Waals surface area contributed by atoms with Crippen LogP contribution in [-0.4, -0.2) is 102 Å². The molecule has 0 aromatic carbocycles. The first-order valence-corrected chi connectivity index (χ1v) is 9.54. The number of hydrogen-bond acceptors (Lipinski definition) is 10. The van der Waals surface area contributed by atoms with Crippen LogP contribution in [0.4, 0.5) is 9.59 Å². The molecular formula is C18H34N2O10. The largest absolute Gasteiger partial charge is 0.444 e. The molecule has 7 atom stereocenters. The Hall–Kier alpha value is -1.70. The molecule has 0 aromatic heterocycles. The Morgan fingerprint density at radius 1 is 0.967 bits per heavy atom. The first-order valence-electron chi connectivity index (χ1n) is 9.54. The lowest BCUT2D eigenvalue weighted by Crippen LogP contribution is -2.72. The van der Waals surface area contributed by atoms with Crippen molar-refractivity contribution < 1.29 is 49.8 Å². The Morgan fingerprint density at radius 3 is 1.90 bits per heavy atom. The third-order valence-corrected chi connectivity index (χ3v) is 4.40. The fourth-order valence-corrected chi connectivity index (χ4v) is 3.24. The van der Waals surface area contributed by atoms with Gasteiger partial charge in [-0.05, 0) is 41.5 Å². The number of amides is 2. The zero-order valence-electron chi connectivity index (χ0n) is 18.0. The Labute approximate surface area is 175 Å². The second-order valence-electron chi connectivity index (χ2n) is 9.29. The molecule has 0 heterocycles. The van der Waals surface area contributed by atoms with Gasteiger partial charge in [0.2, 0.25) is 0 Å². The van der Waals surface area contributed by atoms with Gasteiger partial charge in [-0.25, -0.2) is 9.59 Å². The van der Waals surface area contributed by atoms with Crippen molar-refractivity contribution in [2.24, 2.45) is 5.92 Å². The summed E-state index contributed by atoms with van der Waals surface area (Å²) in [5.74, 6) is -1.51. The summed E-state index contributed by atoms with van der Waals surface area (Å²) in [6.45, 7) is 8.45. The molecule has 7 N–H and O–H groups in total. The van der Waals surface area contributed by atoms with Crippen LogP contribution in [0.2, 0.25) is 0 Å². The Bertz CT molecular complexity index is 603. The topological polar surface area (TPSA) is 189 Å². The number of carbonyl (C=O) groups is 2. The number of alkyl carbamates (subject to hydrolysis) is 1. The van der Waals surface area contributed by atoms with Gasteiger partial charge in [-0.15, -0.1) is 0 Å². The van der Waals surface area contributed by atoms with Gasteiger partial charge >= 0.3 is 12.2 Å². The van der Waals surface area contributed by atoms with Gasteiger partial charge in [-0.1, -0.05) is 0 Å². The summed E-state index contributed by atoms with van der Waals surface area (Å²) in [6.07, 6.45) is -9.73. The first kappa shape index (κ1) is 26.3. The molecule has 0 aromatic rings. The number of aliphatic hydroxyl groups is 5. The summed E-state index contributed by atoms with van der Waals surface area (Å²) in [6, 6.07) is -3.26. The molecule has 0 saturated heterocycles. The number of carbonyl (C=O) groups excluding carboxylic acids is 2. The van der Waals surface area contributed by atoms with Crippen LogP contribution in [0, 0.1) is 5.92 Å². The molecule has 0 unspecified atom stereocenters.